The zero-order valence-electron chi connectivity index (χ0n) is 11.7. The van der Waals surface area contributed by atoms with Gasteiger partial charge in [0.1, 0.15) is 5.67 Å². The lowest BCUT2D eigenvalue weighted by Gasteiger charge is -2.24. The molecule has 0 saturated carbocycles. The van der Waals surface area contributed by atoms with Crippen LogP contribution in [0.2, 0.25) is 0 Å². The predicted molar refractivity (Wildman–Crippen MR) is 71.7 cm³/mol. The second kappa shape index (κ2) is 5.37. The van der Waals surface area contributed by atoms with Gasteiger partial charge in [-0.3, -0.25) is 0 Å². The lowest BCUT2D eigenvalue weighted by Crippen LogP contribution is -2.16. The molecule has 1 unspecified atom stereocenters. The van der Waals surface area contributed by atoms with Crippen LogP contribution >= 0.6 is 0 Å². The molecule has 106 valence electrons. The zero-order chi connectivity index (χ0) is 14.0. The molecule has 1 aromatic carbocycles. The summed E-state index contributed by atoms with van der Waals surface area (Å²) in [6.45, 7) is 6.05. The quantitative estimate of drug-likeness (QED) is 0.915. The first-order valence-corrected chi connectivity index (χ1v) is 6.67. The minimum Gasteiger partial charge on any atom is -0.490 e. The van der Waals surface area contributed by atoms with Gasteiger partial charge in [0.25, 0.3) is 0 Å². The van der Waals surface area contributed by atoms with Crippen LogP contribution in [-0.2, 0) is 5.67 Å². The van der Waals surface area contributed by atoms with E-state index in [2.05, 4.69) is 0 Å². The molecule has 1 aliphatic heterocycles. The zero-order valence-corrected chi connectivity index (χ0v) is 11.7. The molecule has 4 heteroatoms. The lowest BCUT2D eigenvalue weighted by atomic mass is 9.88. The molecule has 3 nitrogen and oxygen atoms in total. The maximum absolute atomic E-state index is 14.4. The fourth-order valence-electron chi connectivity index (χ4n) is 2.25. The molecule has 0 radical (unpaired) electrons. The highest BCUT2D eigenvalue weighted by molar-refractivity contribution is 5.50. The predicted octanol–water partition coefficient (Wildman–Crippen LogP) is 3.15. The minimum absolute atomic E-state index is 0.0251. The number of benzene rings is 1. The van der Waals surface area contributed by atoms with Gasteiger partial charge >= 0.3 is 0 Å². The van der Waals surface area contributed by atoms with Gasteiger partial charge in [-0.2, -0.15) is 0 Å². The highest BCUT2D eigenvalue weighted by atomic mass is 19.1. The number of aliphatic hydroxyl groups excluding tert-OH is 1. The van der Waals surface area contributed by atoms with E-state index in [0.717, 1.165) is 12.0 Å². The largest absolute Gasteiger partial charge is 0.490 e. The Balaban J connectivity index is 2.54. The number of hydrogen-bond acceptors (Lipinski definition) is 3. The standard InChI is InChI=1S/C15H21FO3/c1-10(9-17)11-7-13-14(19-6-4-5-18-13)8-12(11)15(2,3)16/h7-8,10,17H,4-6,9H2,1-3H3. The summed E-state index contributed by atoms with van der Waals surface area (Å²) in [5, 5.41) is 9.34. The maximum Gasteiger partial charge on any atom is 0.161 e. The Morgan fingerprint density at radius 1 is 1.26 bits per heavy atom. The Bertz CT molecular complexity index is 451. The SMILES string of the molecule is CC(CO)c1cc2c(cc1C(C)(C)F)OCCCO2. The van der Waals surface area contributed by atoms with Gasteiger partial charge in [-0.15, -0.1) is 0 Å². The van der Waals surface area contributed by atoms with Crippen LogP contribution in [0.25, 0.3) is 0 Å². The molecule has 1 aliphatic rings. The van der Waals surface area contributed by atoms with E-state index in [-0.39, 0.29) is 12.5 Å². The highest BCUT2D eigenvalue weighted by Crippen LogP contribution is 2.40. The fourth-order valence-corrected chi connectivity index (χ4v) is 2.25. The van der Waals surface area contributed by atoms with Crippen molar-refractivity contribution in [3.8, 4) is 11.5 Å². The van der Waals surface area contributed by atoms with Gasteiger partial charge in [0.15, 0.2) is 11.5 Å². The van der Waals surface area contributed by atoms with Gasteiger partial charge in [-0.05, 0) is 37.1 Å². The smallest absolute Gasteiger partial charge is 0.161 e. The molecule has 0 fully saturated rings. The third-order valence-corrected chi connectivity index (χ3v) is 3.36. The summed E-state index contributed by atoms with van der Waals surface area (Å²) < 4.78 is 25.6. The Labute approximate surface area is 113 Å². The van der Waals surface area contributed by atoms with Crippen molar-refractivity contribution in [3.05, 3.63) is 23.3 Å². The number of ether oxygens (including phenoxy) is 2. The number of halogens is 1. The average molecular weight is 268 g/mol. The molecule has 1 aromatic rings. The second-order valence-corrected chi connectivity index (χ2v) is 5.49. The molecule has 1 N–H and O–H groups in total. The summed E-state index contributed by atoms with van der Waals surface area (Å²) in [5.41, 5.74) is -0.152. The van der Waals surface area contributed by atoms with Crippen molar-refractivity contribution in [3.63, 3.8) is 0 Å². The molecule has 1 atom stereocenters. The third kappa shape index (κ3) is 3.00. The van der Waals surface area contributed by atoms with Crippen LogP contribution in [0.5, 0.6) is 11.5 Å². The molecule has 0 aliphatic carbocycles. The summed E-state index contributed by atoms with van der Waals surface area (Å²) in [4.78, 5) is 0. The topological polar surface area (TPSA) is 38.7 Å². The molecule has 0 aromatic heterocycles. The van der Waals surface area contributed by atoms with E-state index in [1.165, 1.54) is 13.8 Å². The molecule has 0 spiro atoms. The van der Waals surface area contributed by atoms with E-state index in [4.69, 9.17) is 9.47 Å². The first kappa shape index (κ1) is 14.1. The Hall–Kier alpha value is -1.29. The van der Waals surface area contributed by atoms with Crippen molar-refractivity contribution < 1.29 is 19.0 Å². The average Bonchev–Trinajstić information content (AvgIpc) is 2.59. The summed E-state index contributed by atoms with van der Waals surface area (Å²) in [5.74, 6) is 1.09. The van der Waals surface area contributed by atoms with Crippen molar-refractivity contribution in [2.75, 3.05) is 19.8 Å². The molecule has 0 amide bonds. The minimum atomic E-state index is -1.48. The first-order valence-electron chi connectivity index (χ1n) is 6.67. The number of alkyl halides is 1. The molecule has 0 saturated heterocycles. The number of hydrogen-bond donors (Lipinski definition) is 1. The van der Waals surface area contributed by atoms with Gasteiger partial charge < -0.3 is 14.6 Å². The van der Waals surface area contributed by atoms with Crippen LogP contribution < -0.4 is 9.47 Å². The molecular formula is C15H21FO3. The second-order valence-electron chi connectivity index (χ2n) is 5.49. The first-order chi connectivity index (χ1) is 8.93. The van der Waals surface area contributed by atoms with Crippen LogP contribution in [0.3, 0.4) is 0 Å². The number of fused-ring (bicyclic) bond motifs is 1. The van der Waals surface area contributed by atoms with Crippen LogP contribution in [0.4, 0.5) is 4.39 Å². The Kier molecular flexibility index (Phi) is 3.99. The van der Waals surface area contributed by atoms with Crippen LogP contribution in [0.1, 0.15) is 44.2 Å². The Morgan fingerprint density at radius 2 is 1.84 bits per heavy atom. The van der Waals surface area contributed by atoms with Gasteiger partial charge in [0.2, 0.25) is 0 Å². The van der Waals surface area contributed by atoms with E-state index in [1.54, 1.807) is 12.1 Å². The molecule has 19 heavy (non-hydrogen) atoms. The van der Waals surface area contributed by atoms with Crippen molar-refractivity contribution in [2.24, 2.45) is 0 Å². The van der Waals surface area contributed by atoms with E-state index >= 15 is 0 Å². The van der Waals surface area contributed by atoms with Gasteiger partial charge in [-0.1, -0.05) is 6.92 Å². The summed E-state index contributed by atoms with van der Waals surface area (Å²) in [6, 6.07) is 3.51. The van der Waals surface area contributed by atoms with E-state index in [9.17, 15) is 9.50 Å². The lowest BCUT2D eigenvalue weighted by molar-refractivity contribution is 0.214. The van der Waals surface area contributed by atoms with Crippen molar-refractivity contribution >= 4 is 0 Å². The highest BCUT2D eigenvalue weighted by Gasteiger charge is 2.27. The monoisotopic (exact) mass is 268 g/mol. The summed E-state index contributed by atoms with van der Waals surface area (Å²) in [7, 11) is 0. The maximum atomic E-state index is 14.4. The number of aliphatic hydroxyl groups is 1. The van der Waals surface area contributed by atoms with Crippen molar-refractivity contribution in [1.29, 1.82) is 0 Å². The summed E-state index contributed by atoms with van der Waals surface area (Å²) in [6.07, 6.45) is 0.813. The normalized spacial score (nSPS) is 16.9. The Morgan fingerprint density at radius 3 is 2.37 bits per heavy atom. The van der Waals surface area contributed by atoms with Crippen molar-refractivity contribution in [2.45, 2.75) is 38.8 Å². The number of rotatable bonds is 3. The van der Waals surface area contributed by atoms with Crippen LogP contribution in [0, 0.1) is 0 Å². The molecular weight excluding hydrogens is 247 g/mol. The van der Waals surface area contributed by atoms with Gasteiger partial charge in [0, 0.05) is 18.9 Å². The van der Waals surface area contributed by atoms with Crippen LogP contribution in [0.15, 0.2) is 12.1 Å². The third-order valence-electron chi connectivity index (χ3n) is 3.36. The van der Waals surface area contributed by atoms with Crippen molar-refractivity contribution in [1.82, 2.24) is 0 Å². The summed E-state index contributed by atoms with van der Waals surface area (Å²) >= 11 is 0. The van der Waals surface area contributed by atoms with E-state index in [0.29, 0.717) is 30.3 Å². The fraction of sp³-hybridized carbons (Fsp3) is 0.600. The van der Waals surface area contributed by atoms with Crippen LogP contribution in [-0.4, -0.2) is 24.9 Å². The van der Waals surface area contributed by atoms with E-state index in [1.807, 2.05) is 6.92 Å². The molecule has 2 rings (SSSR count). The van der Waals surface area contributed by atoms with E-state index < -0.39 is 5.67 Å². The molecule has 0 bridgehead atoms. The molecule has 1 heterocycles. The van der Waals surface area contributed by atoms with Gasteiger partial charge in [0.05, 0.1) is 13.2 Å². The van der Waals surface area contributed by atoms with Gasteiger partial charge in [-0.25, -0.2) is 4.39 Å².